The number of hydrogen-bond donors (Lipinski definition) is 2. The van der Waals surface area contributed by atoms with E-state index in [2.05, 4.69) is 10.6 Å². The van der Waals surface area contributed by atoms with Crippen LogP contribution in [0.2, 0.25) is 0 Å². The van der Waals surface area contributed by atoms with E-state index in [1.54, 1.807) is 11.9 Å². The summed E-state index contributed by atoms with van der Waals surface area (Å²) < 4.78 is 0. The highest BCUT2D eigenvalue weighted by Crippen LogP contribution is 2.13. The SMILES string of the molecule is CNCC(=O)N1CCNC(=O)C1C(C)C.Cl. The van der Waals surface area contributed by atoms with Gasteiger partial charge in [0.25, 0.3) is 0 Å². The monoisotopic (exact) mass is 249 g/mol. The molecule has 0 bridgehead atoms. The van der Waals surface area contributed by atoms with E-state index in [1.165, 1.54) is 0 Å². The summed E-state index contributed by atoms with van der Waals surface area (Å²) >= 11 is 0. The van der Waals surface area contributed by atoms with Crippen LogP contribution in [0.1, 0.15) is 13.8 Å². The van der Waals surface area contributed by atoms with Crippen LogP contribution in [-0.2, 0) is 9.59 Å². The molecule has 1 saturated heterocycles. The lowest BCUT2D eigenvalue weighted by molar-refractivity contribution is -0.144. The van der Waals surface area contributed by atoms with E-state index in [1.807, 2.05) is 13.8 Å². The van der Waals surface area contributed by atoms with Crippen LogP contribution in [0, 0.1) is 5.92 Å². The molecule has 94 valence electrons. The van der Waals surface area contributed by atoms with Crippen molar-refractivity contribution in [1.82, 2.24) is 15.5 Å². The highest BCUT2D eigenvalue weighted by atomic mass is 35.5. The second-order valence-corrected chi connectivity index (χ2v) is 4.10. The molecular formula is C10H20ClN3O2. The second kappa shape index (κ2) is 6.70. The summed E-state index contributed by atoms with van der Waals surface area (Å²) in [6.45, 7) is 5.35. The Kier molecular flexibility index (Phi) is 6.36. The van der Waals surface area contributed by atoms with E-state index in [-0.39, 0.29) is 42.7 Å². The smallest absolute Gasteiger partial charge is 0.243 e. The van der Waals surface area contributed by atoms with Gasteiger partial charge in [-0.3, -0.25) is 9.59 Å². The second-order valence-electron chi connectivity index (χ2n) is 4.10. The quantitative estimate of drug-likeness (QED) is 0.716. The molecule has 1 heterocycles. The zero-order valence-corrected chi connectivity index (χ0v) is 10.8. The van der Waals surface area contributed by atoms with Gasteiger partial charge in [-0.2, -0.15) is 0 Å². The molecular weight excluding hydrogens is 230 g/mol. The summed E-state index contributed by atoms with van der Waals surface area (Å²) in [5.41, 5.74) is 0. The molecule has 0 radical (unpaired) electrons. The fraction of sp³-hybridized carbons (Fsp3) is 0.800. The third-order valence-electron chi connectivity index (χ3n) is 2.54. The lowest BCUT2D eigenvalue weighted by atomic mass is 9.99. The van der Waals surface area contributed by atoms with Crippen molar-refractivity contribution >= 4 is 24.2 Å². The van der Waals surface area contributed by atoms with Crippen molar-refractivity contribution in [2.24, 2.45) is 5.92 Å². The number of hydrogen-bond acceptors (Lipinski definition) is 3. The molecule has 0 aliphatic carbocycles. The van der Waals surface area contributed by atoms with E-state index >= 15 is 0 Å². The Morgan fingerprint density at radius 2 is 2.25 bits per heavy atom. The largest absolute Gasteiger partial charge is 0.353 e. The number of nitrogens with one attached hydrogen (secondary N) is 2. The first-order valence-corrected chi connectivity index (χ1v) is 5.29. The third kappa shape index (κ3) is 3.35. The summed E-state index contributed by atoms with van der Waals surface area (Å²) in [5, 5.41) is 5.60. The molecule has 1 fully saturated rings. The van der Waals surface area contributed by atoms with Gasteiger partial charge in [0.05, 0.1) is 6.54 Å². The fourth-order valence-electron chi connectivity index (χ4n) is 1.88. The molecule has 2 N–H and O–H groups in total. The van der Waals surface area contributed by atoms with Crippen molar-refractivity contribution in [3.05, 3.63) is 0 Å². The van der Waals surface area contributed by atoms with Gasteiger partial charge in [-0.05, 0) is 13.0 Å². The first kappa shape index (κ1) is 15.2. The maximum Gasteiger partial charge on any atom is 0.243 e. The van der Waals surface area contributed by atoms with Crippen molar-refractivity contribution in [2.45, 2.75) is 19.9 Å². The number of carbonyl (C=O) groups excluding carboxylic acids is 2. The maximum absolute atomic E-state index is 11.7. The van der Waals surface area contributed by atoms with Crippen LogP contribution in [0.25, 0.3) is 0 Å². The summed E-state index contributed by atoms with van der Waals surface area (Å²) in [5.74, 6) is 0.0952. The Hall–Kier alpha value is -0.810. The van der Waals surface area contributed by atoms with Crippen molar-refractivity contribution in [3.8, 4) is 0 Å². The van der Waals surface area contributed by atoms with Crippen molar-refractivity contribution in [3.63, 3.8) is 0 Å². The Bertz CT molecular complexity index is 258. The van der Waals surface area contributed by atoms with Gasteiger partial charge in [-0.1, -0.05) is 13.8 Å². The number of piperazine rings is 1. The lowest BCUT2D eigenvalue weighted by Crippen LogP contribution is -2.60. The van der Waals surface area contributed by atoms with E-state index < -0.39 is 0 Å². The van der Waals surface area contributed by atoms with Crippen molar-refractivity contribution in [1.29, 1.82) is 0 Å². The topological polar surface area (TPSA) is 61.4 Å². The minimum atomic E-state index is -0.320. The first-order chi connectivity index (χ1) is 7.07. The van der Waals surface area contributed by atoms with Crippen LogP contribution in [-0.4, -0.2) is 49.4 Å². The van der Waals surface area contributed by atoms with Crippen LogP contribution < -0.4 is 10.6 Å². The number of rotatable bonds is 3. The Morgan fingerprint density at radius 1 is 1.62 bits per heavy atom. The summed E-state index contributed by atoms with van der Waals surface area (Å²) in [7, 11) is 1.73. The molecule has 1 unspecified atom stereocenters. The summed E-state index contributed by atoms with van der Waals surface area (Å²) in [6, 6.07) is -0.320. The number of likely N-dealkylation sites (N-methyl/N-ethyl adjacent to an activating group) is 1. The number of halogens is 1. The standard InChI is InChI=1S/C10H19N3O2.ClH/c1-7(2)9-10(15)12-4-5-13(9)8(14)6-11-3;/h7,9,11H,4-6H2,1-3H3,(H,12,15);1H. The van der Waals surface area contributed by atoms with Crippen LogP contribution in [0.3, 0.4) is 0 Å². The molecule has 0 spiro atoms. The van der Waals surface area contributed by atoms with Crippen molar-refractivity contribution in [2.75, 3.05) is 26.7 Å². The molecule has 0 aromatic carbocycles. The number of nitrogens with zero attached hydrogens (tertiary/aromatic N) is 1. The molecule has 1 aliphatic rings. The zero-order valence-electron chi connectivity index (χ0n) is 9.95. The molecule has 1 rings (SSSR count). The van der Waals surface area contributed by atoms with E-state index in [4.69, 9.17) is 0 Å². The molecule has 0 aromatic heterocycles. The Morgan fingerprint density at radius 3 is 2.75 bits per heavy atom. The minimum absolute atomic E-state index is 0. The van der Waals surface area contributed by atoms with E-state index in [9.17, 15) is 9.59 Å². The molecule has 2 amide bonds. The maximum atomic E-state index is 11.7. The normalized spacial score (nSPS) is 20.4. The van der Waals surface area contributed by atoms with E-state index in [0.717, 1.165) is 0 Å². The Labute approximate surface area is 102 Å². The predicted octanol–water partition coefficient (Wildman–Crippen LogP) is -0.389. The molecule has 16 heavy (non-hydrogen) atoms. The zero-order chi connectivity index (χ0) is 11.4. The van der Waals surface area contributed by atoms with Gasteiger partial charge >= 0.3 is 0 Å². The van der Waals surface area contributed by atoms with Gasteiger partial charge in [0.15, 0.2) is 0 Å². The molecule has 0 saturated carbocycles. The number of carbonyl (C=O) groups is 2. The molecule has 1 aliphatic heterocycles. The average Bonchev–Trinajstić information content (AvgIpc) is 2.17. The summed E-state index contributed by atoms with van der Waals surface area (Å²) in [6.07, 6.45) is 0. The average molecular weight is 250 g/mol. The fourth-order valence-corrected chi connectivity index (χ4v) is 1.88. The highest BCUT2D eigenvalue weighted by molar-refractivity contribution is 5.89. The summed E-state index contributed by atoms with van der Waals surface area (Å²) in [4.78, 5) is 25.0. The Balaban J connectivity index is 0.00000225. The van der Waals surface area contributed by atoms with Gasteiger partial charge in [0.2, 0.25) is 11.8 Å². The van der Waals surface area contributed by atoms with Crippen LogP contribution in [0.15, 0.2) is 0 Å². The minimum Gasteiger partial charge on any atom is -0.353 e. The van der Waals surface area contributed by atoms with Gasteiger partial charge in [-0.15, -0.1) is 12.4 Å². The van der Waals surface area contributed by atoms with Crippen LogP contribution in [0.5, 0.6) is 0 Å². The van der Waals surface area contributed by atoms with Crippen LogP contribution in [0.4, 0.5) is 0 Å². The highest BCUT2D eigenvalue weighted by Gasteiger charge is 2.34. The predicted molar refractivity (Wildman–Crippen MR) is 64.5 cm³/mol. The van der Waals surface area contributed by atoms with E-state index in [0.29, 0.717) is 13.1 Å². The van der Waals surface area contributed by atoms with Crippen molar-refractivity contribution < 1.29 is 9.59 Å². The third-order valence-corrected chi connectivity index (χ3v) is 2.54. The lowest BCUT2D eigenvalue weighted by Gasteiger charge is -2.37. The van der Waals surface area contributed by atoms with Gasteiger partial charge < -0.3 is 15.5 Å². The number of amides is 2. The molecule has 1 atom stereocenters. The first-order valence-electron chi connectivity index (χ1n) is 5.29. The molecule has 5 nitrogen and oxygen atoms in total. The van der Waals surface area contributed by atoms with Gasteiger partial charge in [-0.25, -0.2) is 0 Å². The molecule has 6 heteroatoms. The van der Waals surface area contributed by atoms with Gasteiger partial charge in [0.1, 0.15) is 6.04 Å². The molecule has 0 aromatic rings. The van der Waals surface area contributed by atoms with Gasteiger partial charge in [0, 0.05) is 13.1 Å². The van der Waals surface area contributed by atoms with Crippen LogP contribution >= 0.6 is 12.4 Å².